The largest absolute Gasteiger partial charge is 0.484 e. The summed E-state index contributed by atoms with van der Waals surface area (Å²) in [7, 11) is 0. The topological polar surface area (TPSA) is 229 Å². The molecule has 0 radical (unpaired) electrons. The van der Waals surface area contributed by atoms with E-state index in [4.69, 9.17) is 42.0 Å². The number of carbonyl (C=O) groups excluding carboxylic acids is 1. The minimum Gasteiger partial charge on any atom is -0.484 e. The fraction of sp³-hybridized carbons (Fsp3) is 0.500. The van der Waals surface area contributed by atoms with Crippen molar-refractivity contribution in [3.8, 4) is 34.1 Å². The molecule has 83 heavy (non-hydrogen) atoms. The number of carbonyl (C=O) groups is 1. The quantitative estimate of drug-likeness (QED) is 0.136. The van der Waals surface area contributed by atoms with Crippen molar-refractivity contribution in [2.75, 3.05) is 13.2 Å². The van der Waals surface area contributed by atoms with E-state index in [1.807, 2.05) is 74.5 Å². The summed E-state index contributed by atoms with van der Waals surface area (Å²) in [6.07, 6.45) is 5.42. The molecule has 18 atom stereocenters. The number of aromatic nitrogens is 2. The first-order valence-electron chi connectivity index (χ1n) is 29.1. The van der Waals surface area contributed by atoms with Crippen molar-refractivity contribution in [2.45, 2.75) is 147 Å². The Morgan fingerprint density at radius 3 is 1.47 bits per heavy atom. The van der Waals surface area contributed by atoms with Gasteiger partial charge in [0.25, 0.3) is 0 Å². The van der Waals surface area contributed by atoms with E-state index < -0.39 is 98.9 Å². The fourth-order valence-corrected chi connectivity index (χ4v) is 17.3. The number of pyridine rings is 2. The van der Waals surface area contributed by atoms with Crippen molar-refractivity contribution in [3.63, 3.8) is 0 Å². The molecule has 6 aromatic rings. The van der Waals surface area contributed by atoms with Crippen LogP contribution in [-0.4, -0.2) is 80.1 Å². The molecular formula is C66H72N2O15. The third-order valence-electron chi connectivity index (χ3n) is 21.2. The highest BCUT2D eigenvalue weighted by Gasteiger charge is 2.72. The zero-order chi connectivity index (χ0) is 58.0. The number of fused-ring (bicyclic) bond motifs is 12. The number of benzene rings is 2. The number of hydrogen-bond acceptors (Lipinski definition) is 17. The number of rotatable bonds is 5. The summed E-state index contributed by atoms with van der Waals surface area (Å²) < 4.78 is 56.5. The first kappa shape index (κ1) is 55.6. The van der Waals surface area contributed by atoms with Crippen LogP contribution in [0, 0.1) is 45.3 Å². The minimum absolute atomic E-state index is 0.0370. The van der Waals surface area contributed by atoms with Crippen LogP contribution in [0.4, 0.5) is 0 Å². The van der Waals surface area contributed by atoms with Crippen molar-refractivity contribution in [1.82, 2.24) is 9.97 Å². The smallest absolute Gasteiger partial charge is 0.345 e. The highest BCUT2D eigenvalue weighted by molar-refractivity contribution is 5.66. The predicted molar refractivity (Wildman–Crippen MR) is 300 cm³/mol. The zero-order valence-corrected chi connectivity index (χ0v) is 47.8. The Kier molecular flexibility index (Phi) is 13.6. The van der Waals surface area contributed by atoms with Crippen LogP contribution in [0.1, 0.15) is 134 Å². The SMILES string of the molecule is CC(=O)O[C@H]1CC2[C@](C)(CC[C@@H]3O[C@H](c4ccccc4)OC[C@@]23C)C2[C@@H](O)c3c(cc(-c4cccnc4)oc3=O)O[C@@]21C.C[C@]12CC[C@@H]3O[C@H](c4ccccc4)OC[C@@]3(C)C1C[C@H](O)[C@@]1(C)Oc3cc(-c4cccnc4)oc(=O)c3[C@H](O)C21. The lowest BCUT2D eigenvalue weighted by atomic mass is 9.42. The standard InChI is InChI=1S/C34H37NO8.C32H35NO7/c1-19(36)40-26-16-24-32(2,13-12-25-33(24,3)18-39-31(42-25)20-9-6-5-7-10-20)29-28(37)27-23(43-34(26,29)4)15-22(41-30(27)38)21-11-8-14-35-17-21;1-30-12-11-24-31(2,17-37-29(39-24)18-8-5-4-6-9-18)22(30)15-23(34)32(3)27(30)26(35)25-21(40-32)14-20(38-28(25)36)19-10-7-13-33-16-19/h5-11,14-15,17,24-26,28-29,31,37H,12-13,16,18H2,1-4H3;4-10,13-14,16,22-24,26-27,29,34-35H,11-12,15,17H2,1-3H3/t24?,25-,26-,28-,29?,31+,32-,33-,34+;22?,23-,24-,26-,27?,29+,30-,31-,32+/m00/s1. The van der Waals surface area contributed by atoms with Crippen molar-refractivity contribution in [3.05, 3.63) is 165 Å². The van der Waals surface area contributed by atoms with Gasteiger partial charge in [0.1, 0.15) is 51.5 Å². The number of aliphatic hydroxyl groups excluding tert-OH is 3. The van der Waals surface area contributed by atoms with Gasteiger partial charge in [0.05, 0.1) is 43.7 Å². The minimum atomic E-state index is -1.21. The predicted octanol–water partition coefficient (Wildman–Crippen LogP) is 10.2. The Morgan fingerprint density at radius 1 is 0.578 bits per heavy atom. The van der Waals surface area contributed by atoms with Crippen LogP contribution in [0.5, 0.6) is 11.5 Å². The third-order valence-corrected chi connectivity index (χ3v) is 21.2. The maximum absolute atomic E-state index is 13.5. The first-order valence-corrected chi connectivity index (χ1v) is 29.1. The van der Waals surface area contributed by atoms with Gasteiger partial charge in [0, 0.05) is 88.8 Å². The van der Waals surface area contributed by atoms with E-state index in [1.165, 1.54) is 6.92 Å². The lowest BCUT2D eigenvalue weighted by Gasteiger charge is -2.67. The summed E-state index contributed by atoms with van der Waals surface area (Å²) in [5.41, 5.74) is -1.93. The van der Waals surface area contributed by atoms with Gasteiger partial charge in [-0.15, -0.1) is 0 Å². The second-order valence-electron chi connectivity index (χ2n) is 25.9. The number of ether oxygens (including phenoxy) is 7. The van der Waals surface area contributed by atoms with E-state index >= 15 is 0 Å². The van der Waals surface area contributed by atoms with Gasteiger partial charge >= 0.3 is 17.2 Å². The lowest BCUT2D eigenvalue weighted by Crippen LogP contribution is -2.71. The summed E-state index contributed by atoms with van der Waals surface area (Å²) in [6, 6.07) is 30.2. The maximum Gasteiger partial charge on any atom is 0.345 e. The van der Waals surface area contributed by atoms with Crippen LogP contribution in [0.3, 0.4) is 0 Å². The Hall–Kier alpha value is -6.57. The molecule has 4 aromatic heterocycles. The van der Waals surface area contributed by atoms with Crippen molar-refractivity contribution < 1.29 is 62.1 Å². The van der Waals surface area contributed by atoms with Gasteiger partial charge < -0.3 is 57.3 Å². The molecule has 3 N–H and O–H groups in total. The second kappa shape index (κ2) is 20.3. The van der Waals surface area contributed by atoms with Gasteiger partial charge in [-0.1, -0.05) is 88.4 Å². The molecule has 2 saturated heterocycles. The molecule has 0 bridgehead atoms. The normalized spacial score (nSPS) is 39.0. The molecule has 17 nitrogen and oxygen atoms in total. The molecular weight excluding hydrogens is 1060 g/mol. The van der Waals surface area contributed by atoms with Crippen LogP contribution in [-0.2, 0) is 28.5 Å². The highest BCUT2D eigenvalue weighted by atomic mass is 16.7. The summed E-state index contributed by atoms with van der Waals surface area (Å²) in [5, 5.41) is 35.8. The Balaban J connectivity index is 0.000000156. The van der Waals surface area contributed by atoms with Gasteiger partial charge in [-0.05, 0) is 99.3 Å². The first-order chi connectivity index (χ1) is 39.7. The van der Waals surface area contributed by atoms with Crippen molar-refractivity contribution >= 4 is 5.97 Å². The van der Waals surface area contributed by atoms with E-state index in [0.29, 0.717) is 42.9 Å². The van der Waals surface area contributed by atoms with E-state index in [1.54, 1.807) is 61.2 Å². The lowest BCUT2D eigenvalue weighted by molar-refractivity contribution is -0.330. The number of hydrogen-bond donors (Lipinski definition) is 3. The third kappa shape index (κ3) is 8.76. The number of esters is 1. The Labute approximate surface area is 481 Å². The van der Waals surface area contributed by atoms with E-state index in [2.05, 4.69) is 37.7 Å². The van der Waals surface area contributed by atoms with Crippen molar-refractivity contribution in [2.24, 2.45) is 45.3 Å². The van der Waals surface area contributed by atoms with E-state index in [-0.39, 0.29) is 52.4 Å². The number of nitrogens with zero attached hydrogens (tertiary/aromatic N) is 2. The molecule has 4 aliphatic carbocycles. The van der Waals surface area contributed by atoms with Crippen molar-refractivity contribution in [1.29, 1.82) is 0 Å². The van der Waals surface area contributed by atoms with Crippen LogP contribution in [0.25, 0.3) is 22.6 Å². The fourth-order valence-electron chi connectivity index (χ4n) is 17.3. The van der Waals surface area contributed by atoms with E-state index in [0.717, 1.165) is 36.8 Å². The molecule has 2 aromatic carbocycles. The van der Waals surface area contributed by atoms with E-state index in [9.17, 15) is 29.7 Å². The monoisotopic (exact) mass is 1130 g/mol. The molecule has 6 fully saturated rings. The molecule has 0 amide bonds. The molecule has 17 heteroatoms. The molecule has 8 aliphatic rings. The summed E-state index contributed by atoms with van der Waals surface area (Å²) >= 11 is 0. The van der Waals surface area contributed by atoms with Crippen LogP contribution in [0.15, 0.2) is 140 Å². The molecule has 14 rings (SSSR count). The summed E-state index contributed by atoms with van der Waals surface area (Å²) in [6.45, 7) is 14.7. The molecule has 4 unspecified atom stereocenters. The van der Waals surface area contributed by atoms with Gasteiger partial charge in [-0.3, -0.25) is 14.8 Å². The Bertz CT molecular complexity index is 3530. The summed E-state index contributed by atoms with van der Waals surface area (Å²) in [5.74, 6) is -0.591. The van der Waals surface area contributed by atoms with Gasteiger partial charge in [0.2, 0.25) is 0 Å². The molecule has 436 valence electrons. The van der Waals surface area contributed by atoms with Crippen LogP contribution in [0.2, 0.25) is 0 Å². The number of aliphatic hydroxyl groups is 3. The van der Waals surface area contributed by atoms with Crippen LogP contribution < -0.4 is 20.7 Å². The Morgan fingerprint density at radius 2 is 1.02 bits per heavy atom. The molecule has 0 spiro atoms. The van der Waals surface area contributed by atoms with Crippen LogP contribution >= 0.6 is 0 Å². The van der Waals surface area contributed by atoms with Gasteiger partial charge in [-0.25, -0.2) is 9.59 Å². The average molecular weight is 1130 g/mol. The summed E-state index contributed by atoms with van der Waals surface area (Å²) in [4.78, 5) is 47.5. The van der Waals surface area contributed by atoms with Gasteiger partial charge in [-0.2, -0.15) is 0 Å². The molecule has 4 aliphatic heterocycles. The average Bonchev–Trinajstić information content (AvgIpc) is 1.14. The highest BCUT2D eigenvalue weighted by Crippen LogP contribution is 2.70. The molecule has 4 saturated carbocycles. The second-order valence-corrected chi connectivity index (χ2v) is 25.9. The van der Waals surface area contributed by atoms with Gasteiger partial charge in [0.15, 0.2) is 12.6 Å². The molecule has 8 heterocycles. The maximum atomic E-state index is 13.5. The zero-order valence-electron chi connectivity index (χ0n) is 47.8.